The monoisotopic (exact) mass is 410 g/mol. The number of hydrogen-bond donors (Lipinski definition) is 2. The molecule has 0 bridgehead atoms. The fraction of sp³-hybridized carbons (Fsp3) is 0.375. The van der Waals surface area contributed by atoms with E-state index in [-0.39, 0.29) is 16.9 Å². The summed E-state index contributed by atoms with van der Waals surface area (Å²) >= 11 is 0. The molecule has 1 aromatic heterocycles. The van der Waals surface area contributed by atoms with Gasteiger partial charge in [0.1, 0.15) is 29.6 Å². The Balaban J connectivity index is 1.71. The molecule has 1 aliphatic heterocycles. The van der Waals surface area contributed by atoms with Gasteiger partial charge in [0, 0.05) is 0 Å². The van der Waals surface area contributed by atoms with Crippen molar-refractivity contribution in [2.75, 3.05) is 20.2 Å². The quantitative estimate of drug-likeness (QED) is 0.673. The number of likely N-dealkylation sites (tertiary alicyclic amines) is 1. The maximum atomic E-state index is 13.2. The number of aryl methyl sites for hydroxylation is 1. The van der Waals surface area contributed by atoms with E-state index < -0.39 is 0 Å². The number of benzene rings is 2. The second-order valence-corrected chi connectivity index (χ2v) is 7.88. The summed E-state index contributed by atoms with van der Waals surface area (Å²) in [4.78, 5) is 14.6. The standard InChI is InChI=1S/C24H27NO5/c1-16-23(30-18-9-7-17(28-2)8-10-18)22(27)19-11-12-21(26)20(24(19)29-16)15-25-13-5-3-4-6-14-25/h7-12,26H,3-6,13-15H2,1-2H3/p+1. The first kappa shape index (κ1) is 20.3. The Morgan fingerprint density at radius 2 is 1.67 bits per heavy atom. The summed E-state index contributed by atoms with van der Waals surface area (Å²) in [5.74, 6) is 1.96. The lowest BCUT2D eigenvalue weighted by atomic mass is 10.1. The van der Waals surface area contributed by atoms with Crippen LogP contribution in [0.15, 0.2) is 45.6 Å². The van der Waals surface area contributed by atoms with E-state index in [9.17, 15) is 9.90 Å². The topological polar surface area (TPSA) is 73.3 Å². The average Bonchev–Trinajstić information content (AvgIpc) is 3.02. The Labute approximate surface area is 175 Å². The molecule has 0 spiro atoms. The van der Waals surface area contributed by atoms with Crippen LogP contribution in [0.1, 0.15) is 37.0 Å². The van der Waals surface area contributed by atoms with Crippen LogP contribution in [0, 0.1) is 6.92 Å². The highest BCUT2D eigenvalue weighted by molar-refractivity contribution is 5.83. The van der Waals surface area contributed by atoms with E-state index in [2.05, 4.69) is 0 Å². The van der Waals surface area contributed by atoms with Crippen LogP contribution < -0.4 is 19.8 Å². The van der Waals surface area contributed by atoms with Crippen molar-refractivity contribution in [2.24, 2.45) is 0 Å². The van der Waals surface area contributed by atoms with Crippen molar-refractivity contribution in [1.29, 1.82) is 0 Å². The predicted octanol–water partition coefficient (Wildman–Crippen LogP) is 3.57. The molecule has 0 unspecified atom stereocenters. The summed E-state index contributed by atoms with van der Waals surface area (Å²) in [6.07, 6.45) is 4.88. The van der Waals surface area contributed by atoms with E-state index in [0.717, 1.165) is 13.1 Å². The maximum Gasteiger partial charge on any atom is 0.235 e. The Kier molecular flexibility index (Phi) is 5.95. The highest BCUT2D eigenvalue weighted by Crippen LogP contribution is 2.31. The van der Waals surface area contributed by atoms with Crippen LogP contribution in [0.25, 0.3) is 11.0 Å². The molecular weight excluding hydrogens is 382 g/mol. The first-order valence-electron chi connectivity index (χ1n) is 10.5. The van der Waals surface area contributed by atoms with Crippen LogP contribution in [0.2, 0.25) is 0 Å². The Bertz CT molecular complexity index is 1080. The van der Waals surface area contributed by atoms with Gasteiger partial charge in [0.2, 0.25) is 11.2 Å². The largest absolute Gasteiger partial charge is 0.507 e. The van der Waals surface area contributed by atoms with Crippen molar-refractivity contribution >= 4 is 11.0 Å². The first-order chi connectivity index (χ1) is 14.6. The van der Waals surface area contributed by atoms with Gasteiger partial charge >= 0.3 is 0 Å². The number of rotatable bonds is 5. The van der Waals surface area contributed by atoms with Crippen molar-refractivity contribution in [3.63, 3.8) is 0 Å². The van der Waals surface area contributed by atoms with Gasteiger partial charge in [-0.25, -0.2) is 0 Å². The lowest BCUT2D eigenvalue weighted by molar-refractivity contribution is -0.913. The molecule has 0 atom stereocenters. The average molecular weight is 410 g/mol. The summed E-state index contributed by atoms with van der Waals surface area (Å²) in [6.45, 7) is 4.49. The molecule has 158 valence electrons. The third kappa shape index (κ3) is 4.14. The van der Waals surface area contributed by atoms with Crippen LogP contribution >= 0.6 is 0 Å². The maximum absolute atomic E-state index is 13.2. The number of nitrogens with one attached hydrogen (secondary N) is 1. The summed E-state index contributed by atoms with van der Waals surface area (Å²) in [5, 5.41) is 10.9. The number of fused-ring (bicyclic) bond motifs is 1. The highest BCUT2D eigenvalue weighted by Gasteiger charge is 2.22. The summed E-state index contributed by atoms with van der Waals surface area (Å²) in [5.41, 5.74) is 0.911. The van der Waals surface area contributed by atoms with Gasteiger partial charge in [-0.1, -0.05) is 0 Å². The van der Waals surface area contributed by atoms with Crippen LogP contribution in [-0.4, -0.2) is 25.3 Å². The van der Waals surface area contributed by atoms with E-state index in [1.54, 1.807) is 50.4 Å². The molecule has 2 heterocycles. The molecule has 1 fully saturated rings. The number of ether oxygens (including phenoxy) is 2. The second kappa shape index (κ2) is 8.79. The first-order valence-corrected chi connectivity index (χ1v) is 10.5. The summed E-state index contributed by atoms with van der Waals surface area (Å²) in [6, 6.07) is 10.2. The Morgan fingerprint density at radius 1 is 1.00 bits per heavy atom. The zero-order valence-electron chi connectivity index (χ0n) is 17.5. The van der Waals surface area contributed by atoms with Gasteiger partial charge in [-0.3, -0.25) is 4.79 Å². The lowest BCUT2D eigenvalue weighted by Crippen LogP contribution is -3.10. The number of phenols is 1. The van der Waals surface area contributed by atoms with Crippen LogP contribution in [0.4, 0.5) is 0 Å². The number of phenolic OH excluding ortho intramolecular Hbond substituents is 1. The van der Waals surface area contributed by atoms with Gasteiger partial charge in [0.05, 0.1) is 31.1 Å². The Hall–Kier alpha value is -2.99. The van der Waals surface area contributed by atoms with Crippen molar-refractivity contribution in [1.82, 2.24) is 0 Å². The molecule has 3 aromatic rings. The molecular formula is C24H28NO5+. The van der Waals surface area contributed by atoms with Gasteiger partial charge in [-0.2, -0.15) is 0 Å². The van der Waals surface area contributed by atoms with E-state index >= 15 is 0 Å². The van der Waals surface area contributed by atoms with E-state index in [1.165, 1.54) is 30.6 Å². The normalized spacial score (nSPS) is 15.1. The number of methoxy groups -OCH3 is 1. The number of aromatic hydroxyl groups is 1. The van der Waals surface area contributed by atoms with Crippen molar-refractivity contribution < 1.29 is 23.9 Å². The Morgan fingerprint density at radius 3 is 2.33 bits per heavy atom. The van der Waals surface area contributed by atoms with Crippen molar-refractivity contribution in [2.45, 2.75) is 39.2 Å². The van der Waals surface area contributed by atoms with Gasteiger partial charge in [-0.15, -0.1) is 0 Å². The lowest BCUT2D eigenvalue weighted by Gasteiger charge is -2.18. The van der Waals surface area contributed by atoms with Crippen LogP contribution in [0.5, 0.6) is 23.0 Å². The molecule has 2 N–H and O–H groups in total. The highest BCUT2D eigenvalue weighted by atomic mass is 16.5. The third-order valence-electron chi connectivity index (χ3n) is 5.78. The van der Waals surface area contributed by atoms with Crippen LogP contribution in [0.3, 0.4) is 0 Å². The molecule has 30 heavy (non-hydrogen) atoms. The molecule has 2 aromatic carbocycles. The van der Waals surface area contributed by atoms with Crippen molar-refractivity contribution in [3.8, 4) is 23.0 Å². The molecule has 6 heteroatoms. The SMILES string of the molecule is COc1ccc(Oc2c(C)oc3c(C[NH+]4CCCCCC4)c(O)ccc3c2=O)cc1. The fourth-order valence-electron chi connectivity index (χ4n) is 4.10. The minimum absolute atomic E-state index is 0.159. The molecule has 0 amide bonds. The molecule has 1 aliphatic rings. The van der Waals surface area contributed by atoms with Crippen molar-refractivity contribution in [3.05, 3.63) is 57.9 Å². The van der Waals surface area contributed by atoms with Gasteiger partial charge in [-0.05, 0) is 69.0 Å². The summed E-state index contributed by atoms with van der Waals surface area (Å²) < 4.78 is 17.1. The molecule has 0 aliphatic carbocycles. The van der Waals surface area contributed by atoms with E-state index in [4.69, 9.17) is 13.9 Å². The molecule has 6 nitrogen and oxygen atoms in total. The number of quaternary nitrogens is 1. The number of hydrogen-bond acceptors (Lipinski definition) is 5. The van der Waals surface area contributed by atoms with Gasteiger partial charge in [0.15, 0.2) is 5.58 Å². The smallest absolute Gasteiger partial charge is 0.235 e. The summed E-state index contributed by atoms with van der Waals surface area (Å²) in [7, 11) is 1.60. The molecule has 4 rings (SSSR count). The minimum atomic E-state index is -0.239. The minimum Gasteiger partial charge on any atom is -0.507 e. The molecule has 0 saturated carbocycles. The third-order valence-corrected chi connectivity index (χ3v) is 5.78. The fourth-order valence-corrected chi connectivity index (χ4v) is 4.10. The zero-order chi connectivity index (χ0) is 21.1. The van der Waals surface area contributed by atoms with Gasteiger partial charge < -0.3 is 23.9 Å². The second-order valence-electron chi connectivity index (χ2n) is 7.88. The molecule has 0 radical (unpaired) electrons. The van der Waals surface area contributed by atoms with E-state index in [1.807, 2.05) is 0 Å². The molecule has 1 saturated heterocycles. The van der Waals surface area contributed by atoms with E-state index in [0.29, 0.717) is 40.3 Å². The van der Waals surface area contributed by atoms with Crippen LogP contribution in [-0.2, 0) is 6.54 Å². The van der Waals surface area contributed by atoms with Gasteiger partial charge in [0.25, 0.3) is 0 Å². The predicted molar refractivity (Wildman–Crippen MR) is 115 cm³/mol. The zero-order valence-corrected chi connectivity index (χ0v) is 17.5.